The summed E-state index contributed by atoms with van der Waals surface area (Å²) in [6.45, 7) is 13.1. The molecule has 2 atom stereocenters. The van der Waals surface area contributed by atoms with Crippen LogP contribution < -0.4 is 4.90 Å². The van der Waals surface area contributed by atoms with Crippen molar-refractivity contribution in [3.8, 4) is 0 Å². The number of likely N-dealkylation sites (N-methyl/N-ethyl adjacent to an activating group) is 1. The van der Waals surface area contributed by atoms with Gasteiger partial charge >= 0.3 is 0 Å². The Morgan fingerprint density at radius 1 is 1.11 bits per heavy atom. The highest BCUT2D eigenvalue weighted by Gasteiger charge is 2.47. The third kappa shape index (κ3) is 6.47. The summed E-state index contributed by atoms with van der Waals surface area (Å²) in [5, 5.41) is 0. The second kappa shape index (κ2) is 11.9. The van der Waals surface area contributed by atoms with Crippen LogP contribution in [0.15, 0.2) is 53.4 Å². The molecule has 0 aliphatic carbocycles. The van der Waals surface area contributed by atoms with E-state index >= 15 is 0 Å². The van der Waals surface area contributed by atoms with Crippen LogP contribution in [0.3, 0.4) is 0 Å². The number of aryl methyl sites for hydroxylation is 2. The Kier molecular flexibility index (Phi) is 8.97. The van der Waals surface area contributed by atoms with Crippen molar-refractivity contribution in [3.63, 3.8) is 0 Å². The van der Waals surface area contributed by atoms with Crippen molar-refractivity contribution >= 4 is 21.6 Å². The van der Waals surface area contributed by atoms with E-state index in [-0.39, 0.29) is 18.5 Å². The molecule has 7 nitrogen and oxygen atoms in total. The highest BCUT2D eigenvalue weighted by atomic mass is 32.2. The minimum Gasteiger partial charge on any atom is -0.371 e. The second-order valence-corrected chi connectivity index (χ2v) is 13.3. The van der Waals surface area contributed by atoms with Crippen LogP contribution in [0.5, 0.6) is 0 Å². The fourth-order valence-corrected chi connectivity index (χ4v) is 7.51. The lowest BCUT2D eigenvalue weighted by atomic mass is 9.89. The molecule has 0 unspecified atom stereocenters. The molecule has 2 aliphatic rings. The van der Waals surface area contributed by atoms with Gasteiger partial charge in [0.2, 0.25) is 15.9 Å². The number of carbonyl (C=O) groups excluding carboxylic acids is 1. The Bertz CT molecular complexity index is 1210. The van der Waals surface area contributed by atoms with Crippen molar-refractivity contribution in [2.24, 2.45) is 5.92 Å². The number of piperidine rings is 1. The van der Waals surface area contributed by atoms with Crippen LogP contribution in [-0.2, 0) is 19.6 Å². The smallest absolute Gasteiger partial charge is 0.243 e. The normalized spacial score (nSPS) is 23.2. The van der Waals surface area contributed by atoms with Gasteiger partial charge in [-0.15, -0.1) is 0 Å². The molecule has 8 heteroatoms. The molecule has 2 fully saturated rings. The Labute approximate surface area is 228 Å². The molecular formula is C30H43N3O4S. The summed E-state index contributed by atoms with van der Waals surface area (Å²) in [6.07, 6.45) is 2.38. The van der Waals surface area contributed by atoms with E-state index in [9.17, 15) is 13.2 Å². The lowest BCUT2D eigenvalue weighted by Crippen LogP contribution is -2.64. The molecule has 2 saturated heterocycles. The molecule has 0 bridgehead atoms. The number of sulfonamides is 1. The van der Waals surface area contributed by atoms with E-state index in [4.69, 9.17) is 4.74 Å². The van der Waals surface area contributed by atoms with Crippen LogP contribution in [0.2, 0.25) is 0 Å². The van der Waals surface area contributed by atoms with Crippen LogP contribution in [-0.4, -0.2) is 74.5 Å². The third-order valence-corrected chi connectivity index (χ3v) is 9.62. The van der Waals surface area contributed by atoms with Gasteiger partial charge in [0, 0.05) is 31.4 Å². The molecule has 0 radical (unpaired) electrons. The first-order chi connectivity index (χ1) is 18.0. The molecule has 1 spiro atoms. The van der Waals surface area contributed by atoms with Crippen molar-refractivity contribution < 1.29 is 17.9 Å². The van der Waals surface area contributed by atoms with Gasteiger partial charge in [-0.3, -0.25) is 9.69 Å². The maximum atomic E-state index is 13.9. The Morgan fingerprint density at radius 3 is 2.50 bits per heavy atom. The summed E-state index contributed by atoms with van der Waals surface area (Å²) < 4.78 is 36.0. The summed E-state index contributed by atoms with van der Waals surface area (Å²) in [4.78, 5) is 17.7. The number of anilines is 1. The van der Waals surface area contributed by atoms with E-state index in [2.05, 4.69) is 18.7 Å². The van der Waals surface area contributed by atoms with E-state index in [0.29, 0.717) is 37.1 Å². The lowest BCUT2D eigenvalue weighted by Gasteiger charge is -2.50. The first-order valence-corrected chi connectivity index (χ1v) is 15.3. The molecule has 208 valence electrons. The van der Waals surface area contributed by atoms with Crippen molar-refractivity contribution in [1.82, 2.24) is 9.21 Å². The van der Waals surface area contributed by atoms with Crippen molar-refractivity contribution in [3.05, 3.63) is 59.7 Å². The summed E-state index contributed by atoms with van der Waals surface area (Å²) in [5.41, 5.74) is 2.43. The van der Waals surface area contributed by atoms with Gasteiger partial charge in [0.05, 0.1) is 23.6 Å². The van der Waals surface area contributed by atoms with Crippen molar-refractivity contribution in [1.29, 1.82) is 0 Å². The molecule has 0 aromatic heterocycles. The summed E-state index contributed by atoms with van der Waals surface area (Å²) in [5.74, 6) is 0.392. The third-order valence-electron chi connectivity index (χ3n) is 7.71. The number of likely N-dealkylation sites (tertiary alicyclic amines) is 1. The Balaban J connectivity index is 1.53. The molecular weight excluding hydrogens is 498 g/mol. The zero-order valence-corrected chi connectivity index (χ0v) is 24.3. The molecule has 2 aliphatic heterocycles. The zero-order chi connectivity index (χ0) is 27.5. The highest BCUT2D eigenvalue weighted by Crippen LogP contribution is 2.35. The monoisotopic (exact) mass is 541 g/mol. The molecule has 38 heavy (non-hydrogen) atoms. The summed E-state index contributed by atoms with van der Waals surface area (Å²) in [7, 11) is -3.69. The number of amides is 1. The number of hydrogen-bond acceptors (Lipinski definition) is 5. The molecule has 0 N–H and O–H groups in total. The molecule has 0 saturated carbocycles. The van der Waals surface area contributed by atoms with E-state index in [1.165, 1.54) is 0 Å². The van der Waals surface area contributed by atoms with E-state index in [0.717, 1.165) is 42.6 Å². The van der Waals surface area contributed by atoms with Crippen LogP contribution >= 0.6 is 0 Å². The maximum absolute atomic E-state index is 13.9. The topological polar surface area (TPSA) is 70.2 Å². The van der Waals surface area contributed by atoms with Gasteiger partial charge in [-0.25, -0.2) is 8.42 Å². The molecule has 2 aromatic carbocycles. The average molecular weight is 542 g/mol. The van der Waals surface area contributed by atoms with E-state index in [1.54, 1.807) is 16.4 Å². The van der Waals surface area contributed by atoms with E-state index in [1.807, 2.05) is 62.1 Å². The predicted octanol–water partition coefficient (Wildman–Crippen LogP) is 4.63. The Morgan fingerprint density at radius 2 is 1.84 bits per heavy atom. The second-order valence-electron chi connectivity index (χ2n) is 11.4. The van der Waals surface area contributed by atoms with Crippen LogP contribution in [0, 0.1) is 19.8 Å². The first-order valence-electron chi connectivity index (χ1n) is 13.8. The number of hydrogen-bond donors (Lipinski definition) is 0. The Hall–Kier alpha value is -2.26. The standard InChI is InChI=1S/C30H43N3O4S/c1-6-32(26-10-7-9-25(5)18-26)29(34)19-31-16-8-15-30(21-31)22-33(27(20-37-30)17-23(2)3)38(35,36)28-13-11-24(4)12-14-28/h7,9-14,18,23,27H,6,8,15-17,19-22H2,1-5H3/t27-,30+/m0/s1. The summed E-state index contributed by atoms with van der Waals surface area (Å²) >= 11 is 0. The van der Waals surface area contributed by atoms with Gasteiger partial charge in [0.15, 0.2) is 0 Å². The maximum Gasteiger partial charge on any atom is 0.243 e. The van der Waals surface area contributed by atoms with Gasteiger partial charge in [0.1, 0.15) is 0 Å². The fraction of sp³-hybridized carbons (Fsp3) is 0.567. The number of nitrogens with zero attached hydrogens (tertiary/aromatic N) is 3. The fourth-order valence-electron chi connectivity index (χ4n) is 5.82. The molecule has 1 amide bonds. The van der Waals surface area contributed by atoms with Crippen LogP contribution in [0.4, 0.5) is 5.69 Å². The number of carbonyl (C=O) groups is 1. The molecule has 2 heterocycles. The van der Waals surface area contributed by atoms with Crippen LogP contribution in [0.25, 0.3) is 0 Å². The van der Waals surface area contributed by atoms with Crippen LogP contribution in [0.1, 0.15) is 51.2 Å². The number of ether oxygens (including phenoxy) is 1. The van der Waals surface area contributed by atoms with E-state index < -0.39 is 15.6 Å². The summed E-state index contributed by atoms with van der Waals surface area (Å²) in [6, 6.07) is 14.9. The molecule has 2 aromatic rings. The van der Waals surface area contributed by atoms with Crippen molar-refractivity contribution in [2.45, 2.75) is 70.4 Å². The van der Waals surface area contributed by atoms with Gasteiger partial charge in [-0.05, 0) is 82.3 Å². The highest BCUT2D eigenvalue weighted by molar-refractivity contribution is 7.89. The molecule has 4 rings (SSSR count). The predicted molar refractivity (Wildman–Crippen MR) is 152 cm³/mol. The SMILES string of the molecule is CCN(C(=O)CN1CCC[C@@]2(C1)CN(S(=O)(=O)c1ccc(C)cc1)[C@@H](CC(C)C)CO2)c1cccc(C)c1. The average Bonchev–Trinajstić information content (AvgIpc) is 2.86. The zero-order valence-electron chi connectivity index (χ0n) is 23.5. The lowest BCUT2D eigenvalue weighted by molar-refractivity contribution is -0.146. The minimum atomic E-state index is -3.69. The van der Waals surface area contributed by atoms with Crippen molar-refractivity contribution in [2.75, 3.05) is 44.2 Å². The van der Waals surface area contributed by atoms with Gasteiger partial charge < -0.3 is 9.64 Å². The van der Waals surface area contributed by atoms with Gasteiger partial charge in [0.25, 0.3) is 0 Å². The quantitative estimate of drug-likeness (QED) is 0.488. The van der Waals surface area contributed by atoms with Gasteiger partial charge in [-0.2, -0.15) is 4.31 Å². The minimum absolute atomic E-state index is 0.0489. The number of rotatable bonds is 8. The van der Waals surface area contributed by atoms with Gasteiger partial charge in [-0.1, -0.05) is 43.7 Å². The number of morpholine rings is 1. The number of benzene rings is 2. The first kappa shape index (κ1) is 28.7. The largest absolute Gasteiger partial charge is 0.371 e.